The van der Waals surface area contributed by atoms with Crippen molar-refractivity contribution < 1.29 is 0 Å². The zero-order chi connectivity index (χ0) is 9.36. The number of unbranched alkanes of at least 4 members (excludes halogenated alkanes) is 3. The largest absolute Gasteiger partial charge is 0.250 e. The van der Waals surface area contributed by atoms with E-state index in [-0.39, 0.29) is 0 Å². The van der Waals surface area contributed by atoms with Crippen LogP contribution in [-0.4, -0.2) is 10.7 Å². The van der Waals surface area contributed by atoms with Crippen molar-refractivity contribution in [1.29, 1.82) is 0 Å². The number of aromatic nitrogens is 1. The molecular weight excluding hydrogens is 178 g/mol. The minimum absolute atomic E-state index is 1.15. The van der Waals surface area contributed by atoms with Crippen LogP contribution in [0, 0.1) is 0 Å². The van der Waals surface area contributed by atoms with Crippen molar-refractivity contribution >= 4 is 11.8 Å². The molecule has 0 spiro atoms. The van der Waals surface area contributed by atoms with E-state index in [1.165, 1.54) is 31.4 Å². The van der Waals surface area contributed by atoms with Gasteiger partial charge in [0.15, 0.2) is 0 Å². The van der Waals surface area contributed by atoms with Gasteiger partial charge in [0.05, 0.1) is 5.03 Å². The zero-order valence-corrected chi connectivity index (χ0v) is 9.02. The van der Waals surface area contributed by atoms with Gasteiger partial charge in [0, 0.05) is 6.20 Å². The van der Waals surface area contributed by atoms with Crippen LogP contribution >= 0.6 is 11.8 Å². The Morgan fingerprint density at radius 2 is 2.15 bits per heavy atom. The summed E-state index contributed by atoms with van der Waals surface area (Å²) in [6.45, 7) is 2.24. The van der Waals surface area contributed by atoms with Crippen LogP contribution in [0.15, 0.2) is 29.4 Å². The first kappa shape index (κ1) is 10.6. The maximum absolute atomic E-state index is 4.26. The number of hydrogen-bond acceptors (Lipinski definition) is 2. The van der Waals surface area contributed by atoms with Crippen LogP contribution in [0.1, 0.15) is 32.6 Å². The molecule has 1 heterocycles. The van der Waals surface area contributed by atoms with E-state index in [1.54, 1.807) is 0 Å². The van der Waals surface area contributed by atoms with E-state index in [9.17, 15) is 0 Å². The lowest BCUT2D eigenvalue weighted by atomic mass is 10.2. The summed E-state index contributed by atoms with van der Waals surface area (Å²) in [4.78, 5) is 4.26. The Hall–Kier alpha value is -0.500. The fraction of sp³-hybridized carbons (Fsp3) is 0.545. The third kappa shape index (κ3) is 4.94. The maximum Gasteiger partial charge on any atom is 0.0959 e. The minimum Gasteiger partial charge on any atom is -0.250 e. The standard InChI is InChI=1S/C11H17NS/c1-2-3-4-7-10-13-11-8-5-6-9-12-11/h5-6,8-9H,2-4,7,10H2,1H3. The molecule has 0 aliphatic heterocycles. The van der Waals surface area contributed by atoms with E-state index in [0.29, 0.717) is 0 Å². The molecule has 0 radical (unpaired) electrons. The Balaban J connectivity index is 2.07. The average Bonchev–Trinajstić information content (AvgIpc) is 2.19. The van der Waals surface area contributed by atoms with Gasteiger partial charge in [0.2, 0.25) is 0 Å². The summed E-state index contributed by atoms with van der Waals surface area (Å²) >= 11 is 1.86. The number of hydrogen-bond donors (Lipinski definition) is 0. The van der Waals surface area contributed by atoms with Crippen molar-refractivity contribution in [3.63, 3.8) is 0 Å². The van der Waals surface area contributed by atoms with Gasteiger partial charge in [-0.3, -0.25) is 0 Å². The summed E-state index contributed by atoms with van der Waals surface area (Å²) in [6.07, 6.45) is 7.21. The van der Waals surface area contributed by atoms with E-state index >= 15 is 0 Å². The van der Waals surface area contributed by atoms with Gasteiger partial charge in [-0.15, -0.1) is 11.8 Å². The molecule has 0 aliphatic rings. The van der Waals surface area contributed by atoms with Gasteiger partial charge in [-0.2, -0.15) is 0 Å². The molecule has 0 aliphatic carbocycles. The third-order valence-electron chi connectivity index (χ3n) is 1.89. The third-order valence-corrected chi connectivity index (χ3v) is 2.92. The average molecular weight is 195 g/mol. The predicted molar refractivity (Wildman–Crippen MR) is 59.1 cm³/mol. The molecule has 0 saturated heterocycles. The van der Waals surface area contributed by atoms with Gasteiger partial charge in [-0.05, 0) is 24.3 Å². The summed E-state index contributed by atoms with van der Waals surface area (Å²) < 4.78 is 0. The Kier molecular flexibility index (Phi) is 5.66. The first-order valence-corrected chi connectivity index (χ1v) is 5.96. The molecule has 1 rings (SSSR count). The highest BCUT2D eigenvalue weighted by molar-refractivity contribution is 7.99. The predicted octanol–water partition coefficient (Wildman–Crippen LogP) is 3.75. The lowest BCUT2D eigenvalue weighted by Crippen LogP contribution is -1.82. The SMILES string of the molecule is CCCCCCSc1ccccn1. The number of pyridine rings is 1. The van der Waals surface area contributed by atoms with Crippen molar-refractivity contribution in [2.24, 2.45) is 0 Å². The van der Waals surface area contributed by atoms with Crippen molar-refractivity contribution in [1.82, 2.24) is 4.98 Å². The van der Waals surface area contributed by atoms with E-state index in [2.05, 4.69) is 18.0 Å². The molecule has 1 aromatic heterocycles. The van der Waals surface area contributed by atoms with Crippen LogP contribution in [-0.2, 0) is 0 Å². The van der Waals surface area contributed by atoms with E-state index < -0.39 is 0 Å². The first-order valence-electron chi connectivity index (χ1n) is 4.97. The highest BCUT2D eigenvalue weighted by atomic mass is 32.2. The summed E-state index contributed by atoms with van der Waals surface area (Å²) in [5.74, 6) is 1.21. The lowest BCUT2D eigenvalue weighted by molar-refractivity contribution is 0.706. The first-order chi connectivity index (χ1) is 6.43. The molecule has 72 valence electrons. The molecule has 0 fully saturated rings. The topological polar surface area (TPSA) is 12.9 Å². The van der Waals surface area contributed by atoms with Crippen molar-refractivity contribution in [2.75, 3.05) is 5.75 Å². The monoisotopic (exact) mass is 195 g/mol. The van der Waals surface area contributed by atoms with Crippen LogP contribution in [0.25, 0.3) is 0 Å². The summed E-state index contributed by atoms with van der Waals surface area (Å²) in [5.41, 5.74) is 0. The molecule has 2 heteroatoms. The van der Waals surface area contributed by atoms with Gasteiger partial charge in [0.25, 0.3) is 0 Å². The molecule has 1 nitrogen and oxygen atoms in total. The maximum atomic E-state index is 4.26. The van der Waals surface area contributed by atoms with Crippen LogP contribution in [0.2, 0.25) is 0 Å². The Bertz CT molecular complexity index is 211. The normalized spacial score (nSPS) is 10.2. The summed E-state index contributed by atoms with van der Waals surface area (Å²) in [6, 6.07) is 6.08. The highest BCUT2D eigenvalue weighted by Crippen LogP contribution is 2.16. The Morgan fingerprint density at radius 3 is 2.85 bits per heavy atom. The number of rotatable bonds is 6. The Labute approximate surface area is 85.0 Å². The van der Waals surface area contributed by atoms with Gasteiger partial charge >= 0.3 is 0 Å². The molecule has 13 heavy (non-hydrogen) atoms. The van der Waals surface area contributed by atoms with Gasteiger partial charge < -0.3 is 0 Å². The molecule has 1 aromatic rings. The second kappa shape index (κ2) is 6.96. The smallest absolute Gasteiger partial charge is 0.0959 e. The summed E-state index contributed by atoms with van der Waals surface area (Å²) in [5, 5.41) is 1.15. The second-order valence-electron chi connectivity index (χ2n) is 3.08. The van der Waals surface area contributed by atoms with Gasteiger partial charge in [-0.1, -0.05) is 32.3 Å². The molecule has 0 amide bonds. The second-order valence-corrected chi connectivity index (χ2v) is 4.19. The van der Waals surface area contributed by atoms with E-state index in [1.807, 2.05) is 30.1 Å². The van der Waals surface area contributed by atoms with Crippen LogP contribution in [0.5, 0.6) is 0 Å². The van der Waals surface area contributed by atoms with E-state index in [4.69, 9.17) is 0 Å². The van der Waals surface area contributed by atoms with Crippen molar-refractivity contribution in [3.05, 3.63) is 24.4 Å². The van der Waals surface area contributed by atoms with Gasteiger partial charge in [-0.25, -0.2) is 4.98 Å². The zero-order valence-electron chi connectivity index (χ0n) is 8.20. The van der Waals surface area contributed by atoms with Crippen LogP contribution in [0.3, 0.4) is 0 Å². The Morgan fingerprint density at radius 1 is 1.23 bits per heavy atom. The van der Waals surface area contributed by atoms with Crippen molar-refractivity contribution in [2.45, 2.75) is 37.6 Å². The van der Waals surface area contributed by atoms with Gasteiger partial charge in [0.1, 0.15) is 0 Å². The van der Waals surface area contributed by atoms with E-state index in [0.717, 1.165) is 5.03 Å². The molecule has 0 atom stereocenters. The molecule has 0 aromatic carbocycles. The van der Waals surface area contributed by atoms with Crippen molar-refractivity contribution in [3.8, 4) is 0 Å². The fourth-order valence-electron chi connectivity index (χ4n) is 1.14. The fourth-order valence-corrected chi connectivity index (χ4v) is 2.01. The molecule has 0 saturated carbocycles. The van der Waals surface area contributed by atoms with Crippen LogP contribution < -0.4 is 0 Å². The summed E-state index contributed by atoms with van der Waals surface area (Å²) in [7, 11) is 0. The molecule has 0 N–H and O–H groups in total. The number of thioether (sulfide) groups is 1. The number of nitrogens with zero attached hydrogens (tertiary/aromatic N) is 1. The molecular formula is C11H17NS. The highest BCUT2D eigenvalue weighted by Gasteiger charge is 1.93. The quantitative estimate of drug-likeness (QED) is 0.506. The van der Waals surface area contributed by atoms with Crippen LogP contribution in [0.4, 0.5) is 0 Å². The molecule has 0 bridgehead atoms. The minimum atomic E-state index is 1.15. The molecule has 0 unspecified atom stereocenters. The lowest BCUT2D eigenvalue weighted by Gasteiger charge is -1.99.